The lowest BCUT2D eigenvalue weighted by molar-refractivity contribution is 0.244. The van der Waals surface area contributed by atoms with Gasteiger partial charge in [-0.25, -0.2) is 9.97 Å². The molecule has 0 saturated heterocycles. The minimum Gasteiger partial charge on any atom is -0.495 e. The number of hydrogen-bond donors (Lipinski definition) is 2. The van der Waals surface area contributed by atoms with E-state index in [-0.39, 0.29) is 6.10 Å². The van der Waals surface area contributed by atoms with Gasteiger partial charge < -0.3 is 20.1 Å². The average Bonchev–Trinajstić information content (AvgIpc) is 2.63. The monoisotopic (exact) mass is 378 g/mol. The van der Waals surface area contributed by atoms with Crippen LogP contribution in [0.2, 0.25) is 0 Å². The predicted molar refractivity (Wildman–Crippen MR) is 113 cm³/mol. The van der Waals surface area contributed by atoms with E-state index in [1.165, 1.54) is 0 Å². The molecule has 0 bridgehead atoms. The van der Waals surface area contributed by atoms with Crippen LogP contribution >= 0.6 is 0 Å². The SMILES string of the molecule is COc1ccc(C)cc1Nc1cc(Nc2ccccc2OC(C)C)nc(C)n1. The van der Waals surface area contributed by atoms with Gasteiger partial charge in [0.2, 0.25) is 0 Å². The number of anilines is 4. The van der Waals surface area contributed by atoms with Crippen LogP contribution in [-0.2, 0) is 0 Å². The third kappa shape index (κ3) is 4.91. The molecule has 0 radical (unpaired) electrons. The van der Waals surface area contributed by atoms with E-state index in [2.05, 4.69) is 20.6 Å². The topological polar surface area (TPSA) is 68.3 Å². The molecule has 28 heavy (non-hydrogen) atoms. The van der Waals surface area contributed by atoms with Gasteiger partial charge in [-0.05, 0) is 57.5 Å². The van der Waals surface area contributed by atoms with E-state index in [1.807, 2.05) is 76.2 Å². The van der Waals surface area contributed by atoms with Crippen molar-refractivity contribution in [3.05, 3.63) is 59.9 Å². The van der Waals surface area contributed by atoms with E-state index >= 15 is 0 Å². The van der Waals surface area contributed by atoms with Crippen LogP contribution in [0.15, 0.2) is 48.5 Å². The summed E-state index contributed by atoms with van der Waals surface area (Å²) in [6.07, 6.45) is 0.0844. The molecule has 0 aliphatic heterocycles. The summed E-state index contributed by atoms with van der Waals surface area (Å²) in [5.41, 5.74) is 2.84. The third-order valence-corrected chi connectivity index (χ3v) is 3.97. The normalized spacial score (nSPS) is 10.6. The zero-order valence-electron chi connectivity index (χ0n) is 16.9. The van der Waals surface area contributed by atoms with Crippen molar-refractivity contribution in [3.63, 3.8) is 0 Å². The van der Waals surface area contributed by atoms with Crippen molar-refractivity contribution in [2.24, 2.45) is 0 Å². The minimum absolute atomic E-state index is 0.0844. The van der Waals surface area contributed by atoms with Crippen molar-refractivity contribution >= 4 is 23.0 Å². The van der Waals surface area contributed by atoms with Crippen LogP contribution in [0.5, 0.6) is 11.5 Å². The number of ether oxygens (including phenoxy) is 2. The number of rotatable bonds is 7. The molecule has 0 unspecified atom stereocenters. The second-order valence-electron chi connectivity index (χ2n) is 6.80. The van der Waals surface area contributed by atoms with Gasteiger partial charge in [-0.15, -0.1) is 0 Å². The Kier molecular flexibility index (Phi) is 5.99. The molecule has 1 aromatic heterocycles. The summed E-state index contributed by atoms with van der Waals surface area (Å²) in [7, 11) is 1.65. The molecule has 3 rings (SSSR count). The maximum atomic E-state index is 5.88. The number of methoxy groups -OCH3 is 1. The fourth-order valence-electron chi connectivity index (χ4n) is 2.82. The van der Waals surface area contributed by atoms with Crippen LogP contribution in [0.1, 0.15) is 25.2 Å². The predicted octanol–water partition coefficient (Wildman–Crippen LogP) is 5.38. The van der Waals surface area contributed by atoms with Gasteiger partial charge in [0.25, 0.3) is 0 Å². The molecule has 0 fully saturated rings. The quantitative estimate of drug-likeness (QED) is 0.575. The van der Waals surface area contributed by atoms with E-state index in [0.29, 0.717) is 17.5 Å². The Hall–Kier alpha value is -3.28. The van der Waals surface area contributed by atoms with E-state index in [1.54, 1.807) is 7.11 Å². The van der Waals surface area contributed by atoms with Gasteiger partial charge in [0.15, 0.2) is 0 Å². The van der Waals surface area contributed by atoms with Crippen molar-refractivity contribution in [1.29, 1.82) is 0 Å². The lowest BCUT2D eigenvalue weighted by Crippen LogP contribution is -2.08. The lowest BCUT2D eigenvalue weighted by atomic mass is 10.2. The zero-order valence-corrected chi connectivity index (χ0v) is 16.9. The molecule has 0 aliphatic carbocycles. The zero-order chi connectivity index (χ0) is 20.1. The second-order valence-corrected chi connectivity index (χ2v) is 6.80. The Morgan fingerprint density at radius 2 is 1.50 bits per heavy atom. The number of aryl methyl sites for hydroxylation is 2. The first-order chi connectivity index (χ1) is 13.4. The summed E-state index contributed by atoms with van der Waals surface area (Å²) in [4.78, 5) is 9.00. The number of benzene rings is 2. The number of nitrogens with one attached hydrogen (secondary N) is 2. The van der Waals surface area contributed by atoms with Gasteiger partial charge in [0.05, 0.1) is 24.6 Å². The minimum atomic E-state index is 0.0844. The molecule has 2 aromatic carbocycles. The molecule has 3 aromatic rings. The second kappa shape index (κ2) is 8.61. The van der Waals surface area contributed by atoms with Crippen molar-refractivity contribution in [2.75, 3.05) is 17.7 Å². The number of para-hydroxylation sites is 2. The number of hydrogen-bond acceptors (Lipinski definition) is 6. The molecule has 6 nitrogen and oxygen atoms in total. The lowest BCUT2D eigenvalue weighted by Gasteiger charge is -2.16. The van der Waals surface area contributed by atoms with E-state index in [0.717, 1.165) is 28.4 Å². The largest absolute Gasteiger partial charge is 0.495 e. The van der Waals surface area contributed by atoms with Gasteiger partial charge in [0, 0.05) is 6.07 Å². The van der Waals surface area contributed by atoms with Gasteiger partial charge >= 0.3 is 0 Å². The molecular formula is C22H26N4O2. The standard InChI is InChI=1S/C22H26N4O2/c1-14(2)28-20-9-7-6-8-17(20)25-21-13-22(24-16(4)23-21)26-18-12-15(3)10-11-19(18)27-5/h6-14H,1-5H3,(H2,23,24,25,26). The summed E-state index contributed by atoms with van der Waals surface area (Å²) in [5.74, 6) is 3.56. The molecule has 146 valence electrons. The number of aromatic nitrogens is 2. The molecule has 0 spiro atoms. The first-order valence-corrected chi connectivity index (χ1v) is 9.24. The summed E-state index contributed by atoms with van der Waals surface area (Å²) < 4.78 is 11.3. The van der Waals surface area contributed by atoms with Crippen molar-refractivity contribution in [2.45, 2.75) is 33.8 Å². The highest BCUT2D eigenvalue weighted by Crippen LogP contribution is 2.31. The Labute approximate surface area is 166 Å². The maximum absolute atomic E-state index is 5.88. The van der Waals surface area contributed by atoms with Crippen LogP contribution < -0.4 is 20.1 Å². The highest BCUT2D eigenvalue weighted by molar-refractivity contribution is 5.69. The molecule has 0 aliphatic rings. The van der Waals surface area contributed by atoms with Gasteiger partial charge in [-0.3, -0.25) is 0 Å². The fraction of sp³-hybridized carbons (Fsp3) is 0.273. The van der Waals surface area contributed by atoms with E-state index in [9.17, 15) is 0 Å². The summed E-state index contributed by atoms with van der Waals surface area (Å²) >= 11 is 0. The highest BCUT2D eigenvalue weighted by Gasteiger charge is 2.10. The first kappa shape index (κ1) is 19.5. The average molecular weight is 378 g/mol. The van der Waals surface area contributed by atoms with Crippen LogP contribution in [0.4, 0.5) is 23.0 Å². The van der Waals surface area contributed by atoms with Crippen LogP contribution in [0.3, 0.4) is 0 Å². The van der Waals surface area contributed by atoms with Crippen molar-refractivity contribution in [3.8, 4) is 11.5 Å². The Balaban J connectivity index is 1.88. The van der Waals surface area contributed by atoms with Gasteiger partial charge in [-0.2, -0.15) is 0 Å². The summed E-state index contributed by atoms with van der Waals surface area (Å²) in [6.45, 7) is 7.90. The first-order valence-electron chi connectivity index (χ1n) is 9.24. The molecule has 1 heterocycles. The Bertz CT molecular complexity index is 957. The van der Waals surface area contributed by atoms with Gasteiger partial charge in [0.1, 0.15) is 29.0 Å². The van der Waals surface area contributed by atoms with E-state index < -0.39 is 0 Å². The molecule has 2 N–H and O–H groups in total. The number of nitrogens with zero attached hydrogens (tertiary/aromatic N) is 2. The molecule has 0 atom stereocenters. The summed E-state index contributed by atoms with van der Waals surface area (Å²) in [5, 5.41) is 6.67. The van der Waals surface area contributed by atoms with Crippen LogP contribution in [-0.4, -0.2) is 23.2 Å². The van der Waals surface area contributed by atoms with Crippen LogP contribution in [0, 0.1) is 13.8 Å². The molecule has 6 heteroatoms. The van der Waals surface area contributed by atoms with Crippen molar-refractivity contribution < 1.29 is 9.47 Å². The molecule has 0 amide bonds. The maximum Gasteiger partial charge on any atom is 0.143 e. The van der Waals surface area contributed by atoms with Gasteiger partial charge in [-0.1, -0.05) is 18.2 Å². The smallest absolute Gasteiger partial charge is 0.143 e. The summed E-state index contributed by atoms with van der Waals surface area (Å²) in [6, 6.07) is 15.6. The van der Waals surface area contributed by atoms with Crippen molar-refractivity contribution in [1.82, 2.24) is 9.97 Å². The Morgan fingerprint density at radius 3 is 2.18 bits per heavy atom. The highest BCUT2D eigenvalue weighted by atomic mass is 16.5. The van der Waals surface area contributed by atoms with E-state index in [4.69, 9.17) is 9.47 Å². The molecular weight excluding hydrogens is 352 g/mol. The van der Waals surface area contributed by atoms with Crippen LogP contribution in [0.25, 0.3) is 0 Å². The third-order valence-electron chi connectivity index (χ3n) is 3.97. The Morgan fingerprint density at radius 1 is 0.821 bits per heavy atom. The fourth-order valence-corrected chi connectivity index (χ4v) is 2.82. The molecule has 0 saturated carbocycles.